The summed E-state index contributed by atoms with van der Waals surface area (Å²) in [5, 5.41) is -0.372. The second kappa shape index (κ2) is 5.39. The Morgan fingerprint density at radius 3 is 2.44 bits per heavy atom. The van der Waals surface area contributed by atoms with Gasteiger partial charge in [-0.25, -0.2) is 8.42 Å². The van der Waals surface area contributed by atoms with Crippen LogP contribution >= 0.6 is 12.2 Å². The zero-order valence-corrected chi connectivity index (χ0v) is 11.2. The van der Waals surface area contributed by atoms with Crippen molar-refractivity contribution in [3.63, 3.8) is 0 Å². The van der Waals surface area contributed by atoms with Gasteiger partial charge in [-0.1, -0.05) is 12.2 Å². The van der Waals surface area contributed by atoms with Crippen LogP contribution in [0.5, 0.6) is 0 Å². The fourth-order valence-electron chi connectivity index (χ4n) is 1.61. The second-order valence-electron chi connectivity index (χ2n) is 3.95. The van der Waals surface area contributed by atoms with Crippen molar-refractivity contribution < 1.29 is 13.2 Å². The van der Waals surface area contributed by atoms with Crippen molar-refractivity contribution in [1.29, 1.82) is 0 Å². The minimum atomic E-state index is -3.32. The van der Waals surface area contributed by atoms with Crippen LogP contribution in [0.2, 0.25) is 0 Å². The monoisotopic (exact) mass is 266 g/mol. The van der Waals surface area contributed by atoms with Crippen molar-refractivity contribution in [2.75, 3.05) is 20.3 Å². The number of hydrogen-bond donors (Lipinski definition) is 1. The van der Waals surface area contributed by atoms with Crippen LogP contribution in [0, 0.1) is 0 Å². The van der Waals surface area contributed by atoms with E-state index in [-0.39, 0.29) is 10.2 Å². The van der Waals surface area contributed by atoms with Crippen LogP contribution in [0.1, 0.15) is 19.8 Å². The summed E-state index contributed by atoms with van der Waals surface area (Å²) in [6, 6.07) is -0.442. The molecule has 0 amide bonds. The van der Waals surface area contributed by atoms with Crippen LogP contribution in [0.3, 0.4) is 0 Å². The molecule has 1 heterocycles. The van der Waals surface area contributed by atoms with Crippen molar-refractivity contribution in [3.05, 3.63) is 0 Å². The first-order valence-electron chi connectivity index (χ1n) is 5.21. The fourth-order valence-corrected chi connectivity index (χ4v) is 3.65. The quantitative estimate of drug-likeness (QED) is 0.731. The molecule has 1 aliphatic heterocycles. The van der Waals surface area contributed by atoms with Gasteiger partial charge in [0.2, 0.25) is 10.0 Å². The first-order valence-corrected chi connectivity index (χ1v) is 7.12. The molecular weight excluding hydrogens is 248 g/mol. The van der Waals surface area contributed by atoms with Crippen molar-refractivity contribution in [2.24, 2.45) is 5.73 Å². The van der Waals surface area contributed by atoms with Gasteiger partial charge >= 0.3 is 0 Å². The lowest BCUT2D eigenvalue weighted by Gasteiger charge is -2.30. The third-order valence-electron chi connectivity index (χ3n) is 2.95. The lowest BCUT2D eigenvalue weighted by atomic mass is 10.2. The molecule has 0 radical (unpaired) electrons. The fraction of sp³-hybridized carbons (Fsp3) is 0.889. The van der Waals surface area contributed by atoms with E-state index in [4.69, 9.17) is 22.7 Å². The highest BCUT2D eigenvalue weighted by Crippen LogP contribution is 2.20. The summed E-state index contributed by atoms with van der Waals surface area (Å²) in [4.78, 5) is 0.193. The lowest BCUT2D eigenvalue weighted by Crippen LogP contribution is -2.47. The normalized spacial score (nSPS) is 20.9. The first-order chi connectivity index (χ1) is 7.37. The zero-order valence-electron chi connectivity index (χ0n) is 9.55. The molecule has 0 aliphatic carbocycles. The van der Waals surface area contributed by atoms with Gasteiger partial charge in [-0.15, -0.1) is 0 Å². The van der Waals surface area contributed by atoms with Gasteiger partial charge in [0, 0.05) is 20.3 Å². The zero-order chi connectivity index (χ0) is 12.3. The summed E-state index contributed by atoms with van der Waals surface area (Å²) < 4.78 is 30.8. The maximum Gasteiger partial charge on any atom is 0.217 e. The van der Waals surface area contributed by atoms with Crippen molar-refractivity contribution in [2.45, 2.75) is 31.1 Å². The number of sulfonamides is 1. The van der Waals surface area contributed by atoms with E-state index in [1.165, 1.54) is 11.4 Å². The minimum Gasteiger partial charge on any atom is -0.392 e. The molecule has 0 aromatic rings. The van der Waals surface area contributed by atoms with Crippen LogP contribution < -0.4 is 5.73 Å². The molecular formula is C9H18N2O3S2. The predicted molar refractivity (Wildman–Crippen MR) is 66.8 cm³/mol. The Morgan fingerprint density at radius 1 is 1.50 bits per heavy atom. The van der Waals surface area contributed by atoms with Gasteiger partial charge in [0.25, 0.3) is 0 Å². The summed E-state index contributed by atoms with van der Waals surface area (Å²) in [7, 11) is -1.80. The van der Waals surface area contributed by atoms with E-state index >= 15 is 0 Å². The molecule has 7 heteroatoms. The van der Waals surface area contributed by atoms with Gasteiger partial charge in [0.1, 0.15) is 0 Å². The summed E-state index contributed by atoms with van der Waals surface area (Å²) in [6.07, 6.45) is 1.08. The molecule has 1 atom stereocenters. The number of likely N-dealkylation sites (N-methyl/N-ethyl adjacent to an activating group) is 1. The Bertz CT molecular complexity index is 350. The average Bonchev–Trinajstić information content (AvgIpc) is 2.28. The third-order valence-corrected chi connectivity index (χ3v) is 5.72. The third kappa shape index (κ3) is 2.91. The van der Waals surface area contributed by atoms with Crippen LogP contribution in [0.25, 0.3) is 0 Å². The predicted octanol–water partition coefficient (Wildman–Crippen LogP) is 0.102. The van der Waals surface area contributed by atoms with E-state index in [1.807, 2.05) is 0 Å². The van der Waals surface area contributed by atoms with Gasteiger partial charge in [-0.3, -0.25) is 0 Å². The Hall–Kier alpha value is -0.240. The molecule has 1 unspecified atom stereocenters. The molecule has 1 rings (SSSR count). The maximum atomic E-state index is 12.2. The largest absolute Gasteiger partial charge is 0.392 e. The molecule has 94 valence electrons. The van der Waals surface area contributed by atoms with Crippen molar-refractivity contribution in [1.82, 2.24) is 4.31 Å². The number of ether oxygens (including phenoxy) is 1. The van der Waals surface area contributed by atoms with Crippen molar-refractivity contribution >= 4 is 27.2 Å². The maximum absolute atomic E-state index is 12.2. The molecule has 16 heavy (non-hydrogen) atoms. The summed E-state index contributed by atoms with van der Waals surface area (Å²) in [6.45, 7) is 2.69. The highest BCUT2D eigenvalue weighted by Gasteiger charge is 2.34. The summed E-state index contributed by atoms with van der Waals surface area (Å²) in [5.41, 5.74) is 5.46. The molecule has 1 aliphatic rings. The van der Waals surface area contributed by atoms with E-state index in [0.717, 1.165) is 0 Å². The number of thiocarbonyl (C=S) groups is 1. The van der Waals surface area contributed by atoms with E-state index in [9.17, 15) is 8.42 Å². The first kappa shape index (κ1) is 13.8. The molecule has 0 aromatic carbocycles. The van der Waals surface area contributed by atoms with Gasteiger partial charge in [-0.2, -0.15) is 4.31 Å². The molecule has 0 saturated carbocycles. The molecule has 0 bridgehead atoms. The van der Waals surface area contributed by atoms with Crippen LogP contribution in [0.15, 0.2) is 0 Å². The Kier molecular flexibility index (Phi) is 4.66. The number of hydrogen-bond acceptors (Lipinski definition) is 4. The molecule has 5 nitrogen and oxygen atoms in total. The topological polar surface area (TPSA) is 72.6 Å². The summed E-state index contributed by atoms with van der Waals surface area (Å²) >= 11 is 4.81. The molecule has 2 N–H and O–H groups in total. The lowest BCUT2D eigenvalue weighted by molar-refractivity contribution is 0.0973. The molecule has 1 saturated heterocycles. The number of rotatable bonds is 4. The van der Waals surface area contributed by atoms with E-state index in [2.05, 4.69) is 0 Å². The van der Waals surface area contributed by atoms with E-state index < -0.39 is 16.1 Å². The summed E-state index contributed by atoms with van der Waals surface area (Å²) in [5.74, 6) is 0. The Balaban J connectivity index is 2.79. The van der Waals surface area contributed by atoms with Crippen molar-refractivity contribution in [3.8, 4) is 0 Å². The number of nitrogens with zero attached hydrogens (tertiary/aromatic N) is 1. The smallest absolute Gasteiger partial charge is 0.217 e. The van der Waals surface area contributed by atoms with Gasteiger partial charge in [0.05, 0.1) is 16.3 Å². The Morgan fingerprint density at radius 2 is 2.00 bits per heavy atom. The highest BCUT2D eigenvalue weighted by molar-refractivity contribution is 7.89. The second-order valence-corrected chi connectivity index (χ2v) is 6.70. The molecule has 1 fully saturated rings. The van der Waals surface area contributed by atoms with E-state index in [1.54, 1.807) is 6.92 Å². The van der Waals surface area contributed by atoms with Gasteiger partial charge < -0.3 is 10.5 Å². The highest BCUT2D eigenvalue weighted by atomic mass is 32.2. The van der Waals surface area contributed by atoms with E-state index in [0.29, 0.717) is 26.1 Å². The molecule has 0 spiro atoms. The minimum absolute atomic E-state index is 0.193. The number of nitrogens with two attached hydrogens (primary N) is 1. The SMILES string of the molecule is CC(C(N)=S)N(C)S(=O)(=O)C1CCOCC1. The standard InChI is InChI=1S/C9H18N2O3S2/c1-7(9(10)15)11(2)16(12,13)8-3-5-14-6-4-8/h7-8H,3-6H2,1-2H3,(H2,10,15). The van der Waals surface area contributed by atoms with Gasteiger partial charge in [0.15, 0.2) is 0 Å². The Labute approximate surface area is 102 Å². The molecule has 0 aromatic heterocycles. The van der Waals surface area contributed by atoms with Crippen LogP contribution in [-0.2, 0) is 14.8 Å². The average molecular weight is 266 g/mol. The van der Waals surface area contributed by atoms with Gasteiger partial charge in [-0.05, 0) is 19.8 Å². The van der Waals surface area contributed by atoms with Crippen LogP contribution in [0.4, 0.5) is 0 Å². The van der Waals surface area contributed by atoms with Crippen LogP contribution in [-0.4, -0.2) is 49.3 Å².